The van der Waals surface area contributed by atoms with E-state index in [4.69, 9.17) is 10.8 Å². The van der Waals surface area contributed by atoms with Crippen LogP contribution in [0.5, 0.6) is 0 Å². The third kappa shape index (κ3) is 4.27. The van der Waals surface area contributed by atoms with Crippen molar-refractivity contribution in [1.82, 2.24) is 9.78 Å². The fourth-order valence-electron chi connectivity index (χ4n) is 3.30. The minimum Gasteiger partial charge on any atom is -0.328 e. The number of amides is 1. The first-order valence-electron chi connectivity index (χ1n) is 8.98. The molecule has 0 spiro atoms. The first-order valence-corrected chi connectivity index (χ1v) is 8.98. The van der Waals surface area contributed by atoms with Gasteiger partial charge >= 0.3 is 0 Å². The van der Waals surface area contributed by atoms with E-state index < -0.39 is 0 Å². The fraction of sp³-hybridized carbons (Fsp3) is 0.500. The zero-order chi connectivity index (χ0) is 18.2. The van der Waals surface area contributed by atoms with Gasteiger partial charge in [0.1, 0.15) is 5.82 Å². The number of hydrogen-bond donors (Lipinski definition) is 2. The van der Waals surface area contributed by atoms with E-state index in [9.17, 15) is 4.79 Å². The highest BCUT2D eigenvalue weighted by Crippen LogP contribution is 2.29. The first-order chi connectivity index (χ1) is 11.8. The van der Waals surface area contributed by atoms with Crippen LogP contribution >= 0.6 is 12.4 Å². The van der Waals surface area contributed by atoms with Gasteiger partial charge in [-0.1, -0.05) is 39.0 Å². The SMILES string of the molecule is Cc1ccccc1-n1nc(C(C)(C)C)cc1NC(=O)C1CCC(N)C1.Cl. The van der Waals surface area contributed by atoms with Crippen LogP contribution in [0.15, 0.2) is 30.3 Å². The number of halogens is 1. The van der Waals surface area contributed by atoms with Crippen molar-refractivity contribution >= 4 is 24.1 Å². The Balaban J connectivity index is 0.00000243. The molecule has 1 aromatic heterocycles. The van der Waals surface area contributed by atoms with E-state index >= 15 is 0 Å². The average Bonchev–Trinajstić information content (AvgIpc) is 3.14. The standard InChI is InChI=1S/C20H28N4O.ClH/c1-13-7-5-6-8-16(13)24-18(12-17(23-24)20(2,3)4)22-19(25)14-9-10-15(21)11-14;/h5-8,12,14-15H,9-11,21H2,1-4H3,(H,22,25);1H. The first kappa shape index (κ1) is 20.5. The largest absolute Gasteiger partial charge is 0.328 e. The molecule has 0 bridgehead atoms. The molecule has 1 aromatic carbocycles. The summed E-state index contributed by atoms with van der Waals surface area (Å²) in [5.74, 6) is 0.765. The van der Waals surface area contributed by atoms with E-state index in [1.807, 2.05) is 28.9 Å². The number of hydrogen-bond acceptors (Lipinski definition) is 3. The number of anilines is 1. The molecule has 1 saturated carbocycles. The van der Waals surface area contributed by atoms with E-state index in [-0.39, 0.29) is 35.7 Å². The second-order valence-corrected chi connectivity index (χ2v) is 8.12. The molecule has 6 heteroatoms. The van der Waals surface area contributed by atoms with Crippen LogP contribution < -0.4 is 11.1 Å². The summed E-state index contributed by atoms with van der Waals surface area (Å²) in [4.78, 5) is 12.7. The molecular weight excluding hydrogens is 348 g/mol. The maximum atomic E-state index is 12.7. The van der Waals surface area contributed by atoms with Crippen molar-refractivity contribution in [3.63, 3.8) is 0 Å². The van der Waals surface area contributed by atoms with Crippen LogP contribution in [-0.4, -0.2) is 21.7 Å². The molecule has 0 aliphatic heterocycles. The van der Waals surface area contributed by atoms with Gasteiger partial charge in [0.15, 0.2) is 0 Å². The van der Waals surface area contributed by atoms with Crippen LogP contribution in [0.4, 0.5) is 5.82 Å². The number of nitrogens with zero attached hydrogens (tertiary/aromatic N) is 2. The van der Waals surface area contributed by atoms with Gasteiger partial charge in [0.25, 0.3) is 0 Å². The molecule has 1 fully saturated rings. The summed E-state index contributed by atoms with van der Waals surface area (Å²) in [5.41, 5.74) is 8.92. The van der Waals surface area contributed by atoms with Gasteiger partial charge in [0, 0.05) is 23.4 Å². The Labute approximate surface area is 161 Å². The quantitative estimate of drug-likeness (QED) is 0.851. The third-order valence-corrected chi connectivity index (χ3v) is 4.92. The fourth-order valence-corrected chi connectivity index (χ4v) is 3.30. The van der Waals surface area contributed by atoms with Crippen LogP contribution in [0.3, 0.4) is 0 Å². The lowest BCUT2D eigenvalue weighted by atomic mass is 9.92. The molecule has 3 N–H and O–H groups in total. The lowest BCUT2D eigenvalue weighted by Crippen LogP contribution is -2.24. The molecule has 0 saturated heterocycles. The van der Waals surface area contributed by atoms with Crippen molar-refractivity contribution in [2.75, 3.05) is 5.32 Å². The second kappa shape index (κ2) is 7.80. The van der Waals surface area contributed by atoms with Gasteiger partial charge in [-0.05, 0) is 37.8 Å². The molecule has 142 valence electrons. The summed E-state index contributed by atoms with van der Waals surface area (Å²) >= 11 is 0. The molecule has 5 nitrogen and oxygen atoms in total. The van der Waals surface area contributed by atoms with Crippen molar-refractivity contribution in [1.29, 1.82) is 0 Å². The summed E-state index contributed by atoms with van der Waals surface area (Å²) in [5, 5.41) is 7.88. The molecule has 2 unspecified atom stereocenters. The number of benzene rings is 1. The van der Waals surface area contributed by atoms with Crippen LogP contribution in [0, 0.1) is 12.8 Å². The minimum atomic E-state index is -0.0941. The number of aromatic nitrogens is 2. The highest BCUT2D eigenvalue weighted by Gasteiger charge is 2.29. The van der Waals surface area contributed by atoms with Gasteiger partial charge in [0.05, 0.1) is 11.4 Å². The molecule has 1 aliphatic rings. The summed E-state index contributed by atoms with van der Waals surface area (Å²) in [6.07, 6.45) is 2.54. The Morgan fingerprint density at radius 3 is 2.54 bits per heavy atom. The maximum absolute atomic E-state index is 12.7. The Hall–Kier alpha value is -1.85. The number of aryl methyl sites for hydroxylation is 1. The van der Waals surface area contributed by atoms with Crippen molar-refractivity contribution in [2.45, 2.75) is 58.4 Å². The van der Waals surface area contributed by atoms with Crippen molar-refractivity contribution in [2.24, 2.45) is 11.7 Å². The number of carbonyl (C=O) groups is 1. The minimum absolute atomic E-state index is 0. The van der Waals surface area contributed by atoms with Gasteiger partial charge in [-0.2, -0.15) is 5.10 Å². The monoisotopic (exact) mass is 376 g/mol. The zero-order valence-corrected chi connectivity index (χ0v) is 16.8. The number of para-hydroxylation sites is 1. The molecule has 3 rings (SSSR count). The molecule has 2 atom stereocenters. The van der Waals surface area contributed by atoms with Gasteiger partial charge in [0.2, 0.25) is 5.91 Å². The zero-order valence-electron chi connectivity index (χ0n) is 16.0. The topological polar surface area (TPSA) is 72.9 Å². The molecule has 0 radical (unpaired) electrons. The summed E-state index contributed by atoms with van der Waals surface area (Å²) in [6.45, 7) is 8.42. The average molecular weight is 377 g/mol. The van der Waals surface area contributed by atoms with E-state index in [0.717, 1.165) is 42.0 Å². The summed E-state index contributed by atoms with van der Waals surface area (Å²) in [6, 6.07) is 10.2. The molecule has 1 amide bonds. The summed E-state index contributed by atoms with van der Waals surface area (Å²) < 4.78 is 1.85. The summed E-state index contributed by atoms with van der Waals surface area (Å²) in [7, 11) is 0. The highest BCUT2D eigenvalue weighted by atomic mass is 35.5. The van der Waals surface area contributed by atoms with E-state index in [0.29, 0.717) is 0 Å². The van der Waals surface area contributed by atoms with Gasteiger partial charge in [-0.25, -0.2) is 4.68 Å². The van der Waals surface area contributed by atoms with Crippen molar-refractivity contribution in [3.8, 4) is 5.69 Å². The molecule has 1 aliphatic carbocycles. The smallest absolute Gasteiger partial charge is 0.228 e. The third-order valence-electron chi connectivity index (χ3n) is 4.92. The van der Waals surface area contributed by atoms with Crippen molar-refractivity contribution < 1.29 is 4.79 Å². The van der Waals surface area contributed by atoms with Gasteiger partial charge < -0.3 is 11.1 Å². The Bertz CT molecular complexity index is 778. The predicted octanol–water partition coefficient (Wildman–Crippen LogP) is 3.97. The van der Waals surface area contributed by atoms with Crippen LogP contribution in [0.1, 0.15) is 51.3 Å². The molecule has 2 aromatic rings. The number of nitrogens with one attached hydrogen (secondary N) is 1. The molecule has 26 heavy (non-hydrogen) atoms. The Morgan fingerprint density at radius 2 is 1.96 bits per heavy atom. The Kier molecular flexibility index (Phi) is 6.14. The van der Waals surface area contributed by atoms with Gasteiger partial charge in [-0.15, -0.1) is 12.4 Å². The normalized spacial score (nSPS) is 19.9. The van der Waals surface area contributed by atoms with Crippen molar-refractivity contribution in [3.05, 3.63) is 41.6 Å². The second-order valence-electron chi connectivity index (χ2n) is 8.12. The van der Waals surface area contributed by atoms with Gasteiger partial charge in [-0.3, -0.25) is 4.79 Å². The van der Waals surface area contributed by atoms with E-state index in [1.165, 1.54) is 0 Å². The molecule has 1 heterocycles. The van der Waals surface area contributed by atoms with E-state index in [1.54, 1.807) is 0 Å². The number of rotatable bonds is 3. The predicted molar refractivity (Wildman–Crippen MR) is 108 cm³/mol. The number of nitrogens with two attached hydrogens (primary N) is 1. The number of carbonyl (C=O) groups excluding carboxylic acids is 1. The van der Waals surface area contributed by atoms with Crippen LogP contribution in [-0.2, 0) is 10.2 Å². The molecular formula is C20H29ClN4O. The van der Waals surface area contributed by atoms with Crippen LogP contribution in [0.2, 0.25) is 0 Å². The highest BCUT2D eigenvalue weighted by molar-refractivity contribution is 5.92. The van der Waals surface area contributed by atoms with Crippen LogP contribution in [0.25, 0.3) is 5.69 Å². The lowest BCUT2D eigenvalue weighted by Gasteiger charge is -2.14. The van der Waals surface area contributed by atoms with E-state index in [2.05, 4.69) is 39.1 Å². The maximum Gasteiger partial charge on any atom is 0.228 e. The Morgan fingerprint density at radius 1 is 1.27 bits per heavy atom. The lowest BCUT2D eigenvalue weighted by molar-refractivity contribution is -0.119.